The number of benzene rings is 1. The highest BCUT2D eigenvalue weighted by atomic mass is 35.5. The van der Waals surface area contributed by atoms with E-state index in [9.17, 15) is 0 Å². The third-order valence-corrected chi connectivity index (χ3v) is 4.86. The molecule has 5 nitrogen and oxygen atoms in total. The Kier molecular flexibility index (Phi) is 8.52. The Balaban J connectivity index is 1.84. The second kappa shape index (κ2) is 10.6. The van der Waals surface area contributed by atoms with Crippen LogP contribution in [0.2, 0.25) is 5.02 Å². The first-order chi connectivity index (χ1) is 12.1. The van der Waals surface area contributed by atoms with Crippen LogP contribution in [0.3, 0.4) is 0 Å². The molecule has 1 aliphatic heterocycles. The number of nitrogens with zero attached hydrogens (tertiary/aromatic N) is 2. The van der Waals surface area contributed by atoms with Crippen LogP contribution in [-0.2, 0) is 11.2 Å². The number of aliphatic imine (C=N–C) groups is 1. The maximum atomic E-state index is 6.21. The largest absolute Gasteiger partial charge is 0.379 e. The zero-order chi connectivity index (χ0) is 18.1. The Morgan fingerprint density at radius 3 is 2.92 bits per heavy atom. The summed E-state index contributed by atoms with van der Waals surface area (Å²) in [5, 5.41) is 7.54. The fourth-order valence-corrected chi connectivity index (χ4v) is 3.31. The van der Waals surface area contributed by atoms with E-state index < -0.39 is 0 Å². The fraction of sp³-hybridized carbons (Fsp3) is 0.632. The van der Waals surface area contributed by atoms with Gasteiger partial charge in [-0.3, -0.25) is 9.89 Å². The van der Waals surface area contributed by atoms with Crippen LogP contribution < -0.4 is 10.6 Å². The first-order valence-electron chi connectivity index (χ1n) is 9.21. The van der Waals surface area contributed by atoms with Crippen molar-refractivity contribution >= 4 is 17.6 Å². The number of ether oxygens (including phenoxy) is 1. The van der Waals surface area contributed by atoms with Gasteiger partial charge in [-0.2, -0.15) is 0 Å². The Hall–Kier alpha value is -1.30. The molecule has 2 N–H and O–H groups in total. The van der Waals surface area contributed by atoms with Crippen molar-refractivity contribution in [1.82, 2.24) is 15.5 Å². The number of halogens is 1. The summed E-state index contributed by atoms with van der Waals surface area (Å²) in [7, 11) is 0. The highest BCUT2D eigenvalue weighted by Crippen LogP contribution is 2.14. The van der Waals surface area contributed by atoms with Gasteiger partial charge < -0.3 is 15.4 Å². The number of morpholine rings is 1. The van der Waals surface area contributed by atoms with Crippen LogP contribution in [0.25, 0.3) is 0 Å². The average molecular weight is 367 g/mol. The second-order valence-corrected chi connectivity index (χ2v) is 6.91. The molecule has 0 spiro atoms. The molecule has 1 heterocycles. The minimum atomic E-state index is 0.401. The molecule has 0 bridgehead atoms. The molecule has 0 aromatic heterocycles. The van der Waals surface area contributed by atoms with Gasteiger partial charge in [-0.05, 0) is 38.8 Å². The van der Waals surface area contributed by atoms with E-state index in [2.05, 4.69) is 42.4 Å². The van der Waals surface area contributed by atoms with Crippen LogP contribution in [-0.4, -0.2) is 62.3 Å². The third kappa shape index (κ3) is 6.49. The molecule has 1 aliphatic rings. The Labute approximate surface area is 156 Å². The Bertz CT molecular complexity index is 552. The van der Waals surface area contributed by atoms with E-state index in [-0.39, 0.29) is 0 Å². The molecule has 0 saturated carbocycles. The van der Waals surface area contributed by atoms with Crippen LogP contribution in [0.5, 0.6) is 0 Å². The van der Waals surface area contributed by atoms with E-state index in [0.717, 1.165) is 62.4 Å². The lowest BCUT2D eigenvalue weighted by molar-refractivity contribution is -0.0165. The normalized spacial score (nSPS) is 20.3. The summed E-state index contributed by atoms with van der Waals surface area (Å²) in [5.41, 5.74) is 1.16. The third-order valence-electron chi connectivity index (χ3n) is 4.49. The molecule has 0 amide bonds. The molecule has 1 saturated heterocycles. The van der Waals surface area contributed by atoms with Gasteiger partial charge in [0.2, 0.25) is 0 Å². The monoisotopic (exact) mass is 366 g/mol. The van der Waals surface area contributed by atoms with Crippen LogP contribution >= 0.6 is 11.6 Å². The smallest absolute Gasteiger partial charge is 0.191 e. The van der Waals surface area contributed by atoms with Gasteiger partial charge in [0.25, 0.3) is 0 Å². The standard InChI is InChI=1S/C19H31ClN4O/c1-4-21-19(22-10-9-17-7-5-6-8-18(17)20)23-13-15(2)24-11-12-25-14-16(24)3/h5-8,15-16H,4,9-14H2,1-3H3,(H2,21,22,23). The van der Waals surface area contributed by atoms with Gasteiger partial charge in [0, 0.05) is 36.7 Å². The second-order valence-electron chi connectivity index (χ2n) is 6.50. The molecular formula is C19H31ClN4O. The fourth-order valence-electron chi connectivity index (χ4n) is 3.08. The van der Waals surface area contributed by atoms with Crippen molar-refractivity contribution in [3.63, 3.8) is 0 Å². The molecule has 1 aromatic carbocycles. The van der Waals surface area contributed by atoms with E-state index >= 15 is 0 Å². The van der Waals surface area contributed by atoms with E-state index in [1.54, 1.807) is 0 Å². The summed E-state index contributed by atoms with van der Waals surface area (Å²) in [6.07, 6.45) is 0.875. The zero-order valence-electron chi connectivity index (χ0n) is 15.6. The molecule has 2 unspecified atom stereocenters. The van der Waals surface area contributed by atoms with Gasteiger partial charge >= 0.3 is 0 Å². The van der Waals surface area contributed by atoms with Crippen molar-refractivity contribution in [3.05, 3.63) is 34.9 Å². The molecule has 0 aliphatic carbocycles. The molecule has 25 heavy (non-hydrogen) atoms. The predicted molar refractivity (Wildman–Crippen MR) is 106 cm³/mol. The maximum Gasteiger partial charge on any atom is 0.191 e. The molecule has 2 atom stereocenters. The van der Waals surface area contributed by atoms with Gasteiger partial charge in [0.15, 0.2) is 5.96 Å². The highest BCUT2D eigenvalue weighted by molar-refractivity contribution is 6.31. The minimum Gasteiger partial charge on any atom is -0.379 e. The van der Waals surface area contributed by atoms with Gasteiger partial charge in [0.05, 0.1) is 19.8 Å². The molecule has 140 valence electrons. The molecule has 2 rings (SSSR count). The lowest BCUT2D eigenvalue weighted by atomic mass is 10.1. The molecular weight excluding hydrogens is 336 g/mol. The molecule has 1 aromatic rings. The number of rotatable bonds is 7. The summed E-state index contributed by atoms with van der Waals surface area (Å²) in [5.74, 6) is 0.863. The van der Waals surface area contributed by atoms with Crippen molar-refractivity contribution in [3.8, 4) is 0 Å². The lowest BCUT2D eigenvalue weighted by Crippen LogP contribution is -2.49. The van der Waals surface area contributed by atoms with Crippen LogP contribution in [0.15, 0.2) is 29.3 Å². The molecule has 0 radical (unpaired) electrons. The van der Waals surface area contributed by atoms with E-state index in [0.29, 0.717) is 12.1 Å². The topological polar surface area (TPSA) is 48.9 Å². The first kappa shape index (κ1) is 20.0. The zero-order valence-corrected chi connectivity index (χ0v) is 16.4. The van der Waals surface area contributed by atoms with Crippen LogP contribution in [0.1, 0.15) is 26.3 Å². The van der Waals surface area contributed by atoms with E-state index in [1.165, 1.54) is 0 Å². The molecule has 6 heteroatoms. The van der Waals surface area contributed by atoms with Crippen molar-refractivity contribution in [1.29, 1.82) is 0 Å². The summed E-state index contributed by atoms with van der Waals surface area (Å²) in [4.78, 5) is 7.23. The van der Waals surface area contributed by atoms with E-state index in [1.807, 2.05) is 18.2 Å². The van der Waals surface area contributed by atoms with Crippen molar-refractivity contribution in [2.24, 2.45) is 4.99 Å². The van der Waals surface area contributed by atoms with Crippen molar-refractivity contribution in [2.45, 2.75) is 39.3 Å². The summed E-state index contributed by atoms with van der Waals surface area (Å²) >= 11 is 6.21. The SMILES string of the molecule is CCNC(=NCC(C)N1CCOCC1C)NCCc1ccccc1Cl. The average Bonchev–Trinajstić information content (AvgIpc) is 2.61. The maximum absolute atomic E-state index is 6.21. The number of guanidine groups is 1. The van der Waals surface area contributed by atoms with Gasteiger partial charge in [-0.1, -0.05) is 29.8 Å². The Morgan fingerprint density at radius 2 is 2.20 bits per heavy atom. The first-order valence-corrected chi connectivity index (χ1v) is 9.58. The molecule has 1 fully saturated rings. The number of hydrogen-bond acceptors (Lipinski definition) is 3. The summed E-state index contributed by atoms with van der Waals surface area (Å²) < 4.78 is 5.52. The predicted octanol–water partition coefficient (Wildman–Crippen LogP) is 2.55. The number of hydrogen-bond donors (Lipinski definition) is 2. The van der Waals surface area contributed by atoms with Crippen LogP contribution in [0.4, 0.5) is 0 Å². The quantitative estimate of drug-likeness (QED) is 0.575. The highest BCUT2D eigenvalue weighted by Gasteiger charge is 2.23. The summed E-state index contributed by atoms with van der Waals surface area (Å²) in [6.45, 7) is 11.6. The minimum absolute atomic E-state index is 0.401. The van der Waals surface area contributed by atoms with Gasteiger partial charge in [0.1, 0.15) is 0 Å². The lowest BCUT2D eigenvalue weighted by Gasteiger charge is -2.37. The van der Waals surface area contributed by atoms with Crippen molar-refractivity contribution < 1.29 is 4.74 Å². The number of nitrogens with one attached hydrogen (secondary N) is 2. The van der Waals surface area contributed by atoms with Crippen LogP contribution in [0, 0.1) is 0 Å². The van der Waals surface area contributed by atoms with Gasteiger partial charge in [-0.25, -0.2) is 0 Å². The van der Waals surface area contributed by atoms with Gasteiger partial charge in [-0.15, -0.1) is 0 Å². The summed E-state index contributed by atoms with van der Waals surface area (Å²) in [6, 6.07) is 8.83. The van der Waals surface area contributed by atoms with E-state index in [4.69, 9.17) is 21.3 Å². The van der Waals surface area contributed by atoms with Crippen molar-refractivity contribution in [2.75, 3.05) is 39.4 Å². The Morgan fingerprint density at radius 1 is 1.40 bits per heavy atom.